The van der Waals surface area contributed by atoms with Crippen LogP contribution in [0.25, 0.3) is 0 Å². The van der Waals surface area contributed by atoms with Crippen LogP contribution in [0.2, 0.25) is 0 Å². The molecule has 0 bridgehead atoms. The Kier molecular flexibility index (Phi) is 7.79. The third-order valence-electron chi connectivity index (χ3n) is 11.3. The first-order valence-corrected chi connectivity index (χ1v) is 14.4. The molecule has 4 atom stereocenters. The molecule has 5 heteroatoms. The zero-order valence-corrected chi connectivity index (χ0v) is 25.2. The van der Waals surface area contributed by atoms with Crippen LogP contribution in [0.4, 0.5) is 0 Å². The average Bonchev–Trinajstić information content (AvgIpc) is 2.80. The quantitative estimate of drug-likeness (QED) is 0.377. The van der Waals surface area contributed by atoms with Gasteiger partial charge in [0.2, 0.25) is 0 Å². The van der Waals surface area contributed by atoms with Crippen LogP contribution in [-0.4, -0.2) is 22.6 Å². The van der Waals surface area contributed by atoms with Crippen molar-refractivity contribution in [3.05, 3.63) is 23.3 Å². The van der Waals surface area contributed by atoms with Crippen molar-refractivity contribution in [3.8, 4) is 6.07 Å². The van der Waals surface area contributed by atoms with Crippen LogP contribution in [0.1, 0.15) is 120 Å². The van der Waals surface area contributed by atoms with E-state index in [0.717, 1.165) is 37.7 Å². The third-order valence-corrected chi connectivity index (χ3v) is 11.3. The standard InChI is InChI=1S/C33H49NO4/c1-28(2)13-10-11-23(35)19-25-32(8)20-22(21-34)26(36)30(5,6)24(32)12-14-33(25,9)29(3,4)16-18-31(7,17-15-28)27(37)38/h19-20,24H,10-18H2,1-9H3,(H,37,38)/b25-19-/t24-,31-,32-,33+/m0/s1. The molecule has 210 valence electrons. The van der Waals surface area contributed by atoms with E-state index < -0.39 is 27.6 Å². The Morgan fingerprint density at radius 3 is 2.11 bits per heavy atom. The fourth-order valence-corrected chi connectivity index (χ4v) is 7.83. The second kappa shape index (κ2) is 9.76. The van der Waals surface area contributed by atoms with Gasteiger partial charge in [0, 0.05) is 17.3 Å². The van der Waals surface area contributed by atoms with Gasteiger partial charge in [-0.1, -0.05) is 67.0 Å². The molecule has 0 aliphatic heterocycles. The minimum absolute atomic E-state index is 0.0235. The van der Waals surface area contributed by atoms with Gasteiger partial charge >= 0.3 is 5.97 Å². The van der Waals surface area contributed by atoms with Crippen molar-refractivity contribution in [2.75, 3.05) is 0 Å². The van der Waals surface area contributed by atoms with Gasteiger partial charge in [0.15, 0.2) is 11.6 Å². The summed E-state index contributed by atoms with van der Waals surface area (Å²) in [6, 6.07) is 2.16. The van der Waals surface area contributed by atoms with Crippen LogP contribution in [-0.2, 0) is 14.4 Å². The van der Waals surface area contributed by atoms with E-state index in [-0.39, 0.29) is 33.9 Å². The number of carboxylic acid groups (broad SMARTS) is 1. The van der Waals surface area contributed by atoms with Crippen molar-refractivity contribution in [1.82, 2.24) is 0 Å². The number of nitriles is 1. The number of aliphatic carboxylic acids is 1. The molecule has 0 aromatic heterocycles. The number of nitrogens with zero attached hydrogens (tertiary/aromatic N) is 1. The molecule has 0 heterocycles. The smallest absolute Gasteiger partial charge is 0.309 e. The van der Waals surface area contributed by atoms with Crippen molar-refractivity contribution in [3.63, 3.8) is 0 Å². The number of carbonyl (C=O) groups is 3. The zero-order chi connectivity index (χ0) is 28.9. The van der Waals surface area contributed by atoms with Crippen molar-refractivity contribution >= 4 is 17.5 Å². The Morgan fingerprint density at radius 2 is 1.53 bits per heavy atom. The zero-order valence-electron chi connectivity index (χ0n) is 25.2. The van der Waals surface area contributed by atoms with Gasteiger partial charge in [0.1, 0.15) is 6.07 Å². The van der Waals surface area contributed by atoms with Crippen LogP contribution in [0.5, 0.6) is 0 Å². The highest BCUT2D eigenvalue weighted by molar-refractivity contribution is 6.04. The highest BCUT2D eigenvalue weighted by Crippen LogP contribution is 2.67. The molecule has 0 saturated heterocycles. The number of fused-ring (bicyclic) bond motifs is 3. The fourth-order valence-electron chi connectivity index (χ4n) is 7.83. The molecule has 0 aromatic carbocycles. The molecule has 0 aromatic rings. The minimum Gasteiger partial charge on any atom is -0.481 e. The second-order valence-electron chi connectivity index (χ2n) is 15.2. The van der Waals surface area contributed by atoms with Gasteiger partial charge in [0.05, 0.1) is 11.0 Å². The summed E-state index contributed by atoms with van der Waals surface area (Å²) in [7, 11) is 0. The molecule has 1 fully saturated rings. The average molecular weight is 524 g/mol. The number of ketones is 2. The number of allylic oxidation sites excluding steroid dienone is 4. The summed E-state index contributed by atoms with van der Waals surface area (Å²) in [6.45, 7) is 18.9. The van der Waals surface area contributed by atoms with Gasteiger partial charge in [-0.2, -0.15) is 5.26 Å². The maximum absolute atomic E-state index is 13.6. The number of carbonyl (C=O) groups excluding carboxylic acids is 2. The van der Waals surface area contributed by atoms with Gasteiger partial charge in [-0.15, -0.1) is 0 Å². The first-order valence-electron chi connectivity index (χ1n) is 14.4. The number of carboxylic acids is 1. The summed E-state index contributed by atoms with van der Waals surface area (Å²) in [5.41, 5.74) is -1.70. The molecule has 3 aliphatic rings. The van der Waals surface area contributed by atoms with E-state index >= 15 is 0 Å². The van der Waals surface area contributed by atoms with E-state index in [0.29, 0.717) is 25.7 Å². The summed E-state index contributed by atoms with van der Waals surface area (Å²) >= 11 is 0. The van der Waals surface area contributed by atoms with Crippen molar-refractivity contribution in [2.45, 2.75) is 120 Å². The van der Waals surface area contributed by atoms with Crippen LogP contribution in [0.15, 0.2) is 23.3 Å². The Bertz CT molecular complexity index is 1120. The van der Waals surface area contributed by atoms with Gasteiger partial charge in [-0.25, -0.2) is 0 Å². The molecule has 0 amide bonds. The van der Waals surface area contributed by atoms with E-state index in [1.807, 2.05) is 32.9 Å². The molecule has 38 heavy (non-hydrogen) atoms. The number of Topliss-reactive ketones (excluding diaryl/α,β-unsaturated/α-hetero) is 1. The number of hydrogen-bond donors (Lipinski definition) is 1. The van der Waals surface area contributed by atoms with Gasteiger partial charge in [-0.3, -0.25) is 14.4 Å². The highest BCUT2D eigenvalue weighted by Gasteiger charge is 2.61. The van der Waals surface area contributed by atoms with Crippen molar-refractivity contribution < 1.29 is 19.5 Å². The van der Waals surface area contributed by atoms with Crippen LogP contribution < -0.4 is 0 Å². The normalized spacial score (nSPS) is 38.8. The molecule has 0 spiro atoms. The van der Waals surface area contributed by atoms with Crippen LogP contribution in [0, 0.1) is 49.7 Å². The van der Waals surface area contributed by atoms with Gasteiger partial charge in [0.25, 0.3) is 0 Å². The predicted molar refractivity (Wildman–Crippen MR) is 150 cm³/mol. The Hall–Kier alpha value is -2.22. The van der Waals surface area contributed by atoms with Gasteiger partial charge in [-0.05, 0) is 86.5 Å². The van der Waals surface area contributed by atoms with Crippen molar-refractivity contribution in [1.29, 1.82) is 5.26 Å². The summed E-state index contributed by atoms with van der Waals surface area (Å²) < 4.78 is 0. The maximum atomic E-state index is 13.6. The fraction of sp³-hybridized carbons (Fsp3) is 0.758. The summed E-state index contributed by atoms with van der Waals surface area (Å²) in [6.07, 6.45) is 10.1. The maximum Gasteiger partial charge on any atom is 0.309 e. The van der Waals surface area contributed by atoms with E-state index in [1.165, 1.54) is 0 Å². The van der Waals surface area contributed by atoms with Crippen molar-refractivity contribution in [2.24, 2.45) is 38.4 Å². The molecule has 3 rings (SSSR count). The summed E-state index contributed by atoms with van der Waals surface area (Å²) in [5, 5.41) is 20.2. The molecule has 1 saturated carbocycles. The molecule has 0 unspecified atom stereocenters. The topological polar surface area (TPSA) is 95.2 Å². The number of rotatable bonds is 1. The Labute approximate surface area is 230 Å². The molecule has 1 N–H and O–H groups in total. The Balaban J connectivity index is 2.22. The van der Waals surface area contributed by atoms with Crippen LogP contribution >= 0.6 is 0 Å². The molecule has 0 radical (unpaired) electrons. The first-order chi connectivity index (χ1) is 17.3. The monoisotopic (exact) mass is 523 g/mol. The summed E-state index contributed by atoms with van der Waals surface area (Å²) in [4.78, 5) is 39.3. The predicted octanol–water partition coefficient (Wildman–Crippen LogP) is 7.85. The second-order valence-corrected chi connectivity index (χ2v) is 15.2. The molecular weight excluding hydrogens is 474 g/mol. The van der Waals surface area contributed by atoms with E-state index in [1.54, 1.807) is 0 Å². The first kappa shape index (κ1) is 30.3. The molecular formula is C33H49NO4. The lowest BCUT2D eigenvalue weighted by atomic mass is 9.42. The van der Waals surface area contributed by atoms with Gasteiger partial charge < -0.3 is 5.11 Å². The SMILES string of the molecule is CC1(C)CCCC(=O)/C=C2/[C@@]3(C)C=C(C#N)C(=O)C(C)(C)[C@@H]3CC[C@@]2(C)C(C)(C)CC[C@@](C)(C(=O)O)CC1. The van der Waals surface area contributed by atoms with E-state index in [4.69, 9.17) is 0 Å². The summed E-state index contributed by atoms with van der Waals surface area (Å²) in [5.74, 6) is -0.770. The lowest BCUT2D eigenvalue weighted by Gasteiger charge is -2.61. The molecule has 5 nitrogen and oxygen atoms in total. The third kappa shape index (κ3) is 5.05. The lowest BCUT2D eigenvalue weighted by Crippen LogP contribution is -2.55. The van der Waals surface area contributed by atoms with Crippen LogP contribution in [0.3, 0.4) is 0 Å². The number of hydrogen-bond acceptors (Lipinski definition) is 4. The minimum atomic E-state index is -0.817. The largest absolute Gasteiger partial charge is 0.481 e. The molecule has 3 aliphatic carbocycles. The van der Waals surface area contributed by atoms with E-state index in [2.05, 4.69) is 47.6 Å². The Morgan fingerprint density at radius 1 is 0.921 bits per heavy atom. The highest BCUT2D eigenvalue weighted by atomic mass is 16.4. The van der Waals surface area contributed by atoms with E-state index in [9.17, 15) is 24.8 Å². The lowest BCUT2D eigenvalue weighted by molar-refractivity contribution is -0.150.